The molecule has 0 saturated heterocycles. The Hall–Kier alpha value is -1.11. The lowest BCUT2D eigenvalue weighted by molar-refractivity contribution is 0.256. The van der Waals surface area contributed by atoms with Crippen molar-refractivity contribution in [1.29, 1.82) is 0 Å². The molecule has 0 aliphatic carbocycles. The summed E-state index contributed by atoms with van der Waals surface area (Å²) in [5, 5.41) is 0.912. The van der Waals surface area contributed by atoms with Crippen LogP contribution in [-0.2, 0) is 0 Å². The largest absolute Gasteiger partial charge is 0.351 e. The molecule has 0 spiro atoms. The predicted molar refractivity (Wildman–Crippen MR) is 73.0 cm³/mol. The van der Waals surface area contributed by atoms with E-state index in [1.165, 1.54) is 16.2 Å². The molecule has 2 amide bonds. The number of benzene rings is 1. The van der Waals surface area contributed by atoms with Gasteiger partial charge in [-0.1, -0.05) is 35.1 Å². The number of hydrogen-bond acceptors (Lipinski definition) is 3. The van der Waals surface area contributed by atoms with Crippen LogP contribution in [-0.4, -0.2) is 11.0 Å². The molecule has 1 heterocycles. The van der Waals surface area contributed by atoms with Crippen molar-refractivity contribution >= 4 is 55.7 Å². The normalized spacial score (nSPS) is 10.2. The molecule has 2 rings (SSSR count). The van der Waals surface area contributed by atoms with Crippen molar-refractivity contribution in [3.05, 3.63) is 39.3 Å². The second kappa shape index (κ2) is 5.03. The van der Waals surface area contributed by atoms with Gasteiger partial charge in [-0.25, -0.2) is 14.7 Å². The molecule has 0 aliphatic rings. The lowest BCUT2D eigenvalue weighted by Gasteiger charge is -2.18. The zero-order valence-corrected chi connectivity index (χ0v) is 11.6. The Labute approximate surface area is 115 Å². The average molecular weight is 333 g/mol. The number of rotatable bonds is 2. The van der Waals surface area contributed by atoms with Crippen LogP contribution < -0.4 is 10.6 Å². The number of hydrogen-bond donors (Lipinski definition) is 1. The minimum atomic E-state index is -0.625. The molecule has 7 heteroatoms. The summed E-state index contributed by atoms with van der Waals surface area (Å²) in [6.07, 6.45) is 1.60. The van der Waals surface area contributed by atoms with Crippen molar-refractivity contribution in [2.75, 3.05) is 4.90 Å². The number of amides is 2. The van der Waals surface area contributed by atoms with Crippen LogP contribution in [0.1, 0.15) is 0 Å². The Morgan fingerprint density at radius 1 is 1.47 bits per heavy atom. The number of thiazole rings is 1. The van der Waals surface area contributed by atoms with Crippen molar-refractivity contribution in [2.24, 2.45) is 5.73 Å². The molecule has 0 aliphatic heterocycles. The fraction of sp³-hybridized carbons (Fsp3) is 0. The maximum atomic E-state index is 11.5. The summed E-state index contributed by atoms with van der Waals surface area (Å²) < 4.78 is 0.811. The average Bonchev–Trinajstić information content (AvgIpc) is 2.68. The Balaban J connectivity index is 2.50. The van der Waals surface area contributed by atoms with Crippen LogP contribution in [0.3, 0.4) is 0 Å². The van der Waals surface area contributed by atoms with Gasteiger partial charge >= 0.3 is 6.03 Å². The molecular formula is C10H7BrClN3OS. The molecule has 0 saturated carbocycles. The number of carbonyl (C=O) groups excluding carboxylic acids is 1. The Morgan fingerprint density at radius 3 is 2.71 bits per heavy atom. The third-order valence-electron chi connectivity index (χ3n) is 1.97. The molecule has 2 aromatic rings. The highest BCUT2D eigenvalue weighted by Crippen LogP contribution is 2.35. The minimum absolute atomic E-state index is 0.442. The smallest absolute Gasteiger partial charge is 0.325 e. The first-order valence-electron chi connectivity index (χ1n) is 4.55. The van der Waals surface area contributed by atoms with E-state index in [1.807, 2.05) is 0 Å². The van der Waals surface area contributed by atoms with Gasteiger partial charge in [0.05, 0.1) is 20.7 Å². The summed E-state index contributed by atoms with van der Waals surface area (Å²) in [6.45, 7) is 0. The van der Waals surface area contributed by atoms with Gasteiger partial charge in [0.15, 0.2) is 5.13 Å². The first-order chi connectivity index (χ1) is 8.09. The zero-order valence-electron chi connectivity index (χ0n) is 8.43. The van der Waals surface area contributed by atoms with E-state index in [9.17, 15) is 4.79 Å². The summed E-state index contributed by atoms with van der Waals surface area (Å²) in [4.78, 5) is 16.9. The van der Waals surface area contributed by atoms with E-state index in [0.717, 1.165) is 3.79 Å². The first-order valence-corrected chi connectivity index (χ1v) is 6.54. The van der Waals surface area contributed by atoms with Crippen molar-refractivity contribution < 1.29 is 4.79 Å². The number of para-hydroxylation sites is 1. The number of anilines is 2. The SMILES string of the molecule is NC(=O)N(c1ncc(Br)s1)c1ccccc1Cl. The van der Waals surface area contributed by atoms with Gasteiger partial charge in [-0.05, 0) is 28.1 Å². The highest BCUT2D eigenvalue weighted by molar-refractivity contribution is 9.11. The van der Waals surface area contributed by atoms with Crippen LogP contribution in [0.4, 0.5) is 15.6 Å². The van der Waals surface area contributed by atoms with Crippen LogP contribution in [0.25, 0.3) is 0 Å². The van der Waals surface area contributed by atoms with E-state index in [4.69, 9.17) is 17.3 Å². The number of nitrogens with two attached hydrogens (primary N) is 1. The van der Waals surface area contributed by atoms with Crippen LogP contribution in [0.5, 0.6) is 0 Å². The van der Waals surface area contributed by atoms with Gasteiger partial charge in [0.2, 0.25) is 0 Å². The quantitative estimate of drug-likeness (QED) is 0.910. The fourth-order valence-corrected chi connectivity index (χ4v) is 2.72. The number of carbonyl (C=O) groups is 1. The lowest BCUT2D eigenvalue weighted by Crippen LogP contribution is -2.31. The second-order valence-corrected chi connectivity index (χ2v) is 5.87. The Morgan fingerprint density at radius 2 is 2.18 bits per heavy atom. The van der Waals surface area contributed by atoms with E-state index in [0.29, 0.717) is 15.8 Å². The van der Waals surface area contributed by atoms with Crippen LogP contribution in [0, 0.1) is 0 Å². The van der Waals surface area contributed by atoms with E-state index >= 15 is 0 Å². The number of aromatic nitrogens is 1. The van der Waals surface area contributed by atoms with Gasteiger partial charge in [0.25, 0.3) is 0 Å². The molecule has 4 nitrogen and oxygen atoms in total. The van der Waals surface area contributed by atoms with Gasteiger partial charge in [-0.3, -0.25) is 0 Å². The van der Waals surface area contributed by atoms with Crippen molar-refractivity contribution in [3.8, 4) is 0 Å². The number of nitrogens with zero attached hydrogens (tertiary/aromatic N) is 2. The van der Waals surface area contributed by atoms with E-state index in [1.54, 1.807) is 30.5 Å². The number of halogens is 2. The molecule has 88 valence electrons. The summed E-state index contributed by atoms with van der Waals surface area (Å²) in [7, 11) is 0. The molecule has 0 fully saturated rings. The van der Waals surface area contributed by atoms with Gasteiger partial charge in [-0.2, -0.15) is 0 Å². The second-order valence-electron chi connectivity index (χ2n) is 3.07. The third-order valence-corrected chi connectivity index (χ3v) is 3.75. The maximum Gasteiger partial charge on any atom is 0.325 e. The standard InChI is InChI=1S/C10H7BrClN3OS/c11-8-5-14-10(17-8)15(9(13)16)7-4-2-1-3-6(7)12/h1-5H,(H2,13,16). The van der Waals surface area contributed by atoms with E-state index in [-0.39, 0.29) is 0 Å². The van der Waals surface area contributed by atoms with E-state index < -0.39 is 6.03 Å². The molecule has 0 radical (unpaired) electrons. The molecule has 1 aromatic heterocycles. The molecule has 1 aromatic carbocycles. The van der Waals surface area contributed by atoms with Gasteiger partial charge in [0, 0.05) is 0 Å². The Bertz CT molecular complexity index is 560. The molecule has 0 atom stereocenters. The van der Waals surface area contributed by atoms with Crippen LogP contribution >= 0.6 is 38.9 Å². The zero-order chi connectivity index (χ0) is 12.4. The molecule has 2 N–H and O–H groups in total. The monoisotopic (exact) mass is 331 g/mol. The van der Waals surface area contributed by atoms with E-state index in [2.05, 4.69) is 20.9 Å². The first kappa shape index (κ1) is 12.3. The van der Waals surface area contributed by atoms with Crippen molar-refractivity contribution in [3.63, 3.8) is 0 Å². The predicted octanol–water partition coefficient (Wildman–Crippen LogP) is 3.78. The molecule has 0 unspecified atom stereocenters. The van der Waals surface area contributed by atoms with Crippen LogP contribution in [0.2, 0.25) is 5.02 Å². The lowest BCUT2D eigenvalue weighted by atomic mass is 10.3. The summed E-state index contributed by atoms with van der Waals surface area (Å²) >= 11 is 10.6. The maximum absolute atomic E-state index is 11.5. The topological polar surface area (TPSA) is 59.2 Å². The molecular weight excluding hydrogens is 326 g/mol. The summed E-state index contributed by atoms with van der Waals surface area (Å²) in [6, 6.07) is 6.33. The van der Waals surface area contributed by atoms with Gasteiger partial charge in [-0.15, -0.1) is 0 Å². The fourth-order valence-electron chi connectivity index (χ4n) is 1.30. The van der Waals surface area contributed by atoms with Gasteiger partial charge < -0.3 is 5.73 Å². The summed E-state index contributed by atoms with van der Waals surface area (Å²) in [5.74, 6) is 0. The number of primary amides is 1. The highest BCUT2D eigenvalue weighted by Gasteiger charge is 2.20. The Kier molecular flexibility index (Phi) is 3.66. The molecule has 0 bridgehead atoms. The number of urea groups is 1. The molecule has 17 heavy (non-hydrogen) atoms. The minimum Gasteiger partial charge on any atom is -0.351 e. The van der Waals surface area contributed by atoms with Crippen molar-refractivity contribution in [1.82, 2.24) is 4.98 Å². The van der Waals surface area contributed by atoms with Crippen molar-refractivity contribution in [2.45, 2.75) is 0 Å². The highest BCUT2D eigenvalue weighted by atomic mass is 79.9. The third kappa shape index (κ3) is 2.59. The summed E-state index contributed by atoms with van der Waals surface area (Å²) in [5.41, 5.74) is 5.88. The van der Waals surface area contributed by atoms with Crippen LogP contribution in [0.15, 0.2) is 34.2 Å². The van der Waals surface area contributed by atoms with Gasteiger partial charge in [0.1, 0.15) is 0 Å².